The molecule has 1 N–H and O–H groups in total. The van der Waals surface area contributed by atoms with E-state index < -0.39 is 0 Å². The molecule has 0 aromatic rings. The van der Waals surface area contributed by atoms with E-state index in [0.717, 1.165) is 19.7 Å². The Bertz CT molecular complexity index is 237. The molecule has 0 amide bonds. The van der Waals surface area contributed by atoms with Crippen molar-refractivity contribution in [3.8, 4) is 0 Å². The summed E-state index contributed by atoms with van der Waals surface area (Å²) in [6.07, 6.45) is 10.7. The fraction of sp³-hybridized carbons (Fsp3) is 1.00. The molecule has 2 unspecified atom stereocenters. The summed E-state index contributed by atoms with van der Waals surface area (Å²) < 4.78 is 6.06. The zero-order valence-electron chi connectivity index (χ0n) is 12.5. The van der Waals surface area contributed by atoms with Gasteiger partial charge in [0.1, 0.15) is 0 Å². The van der Waals surface area contributed by atoms with Gasteiger partial charge < -0.3 is 14.7 Å². The summed E-state index contributed by atoms with van der Waals surface area (Å²) in [5.74, 6) is 0.464. The lowest BCUT2D eigenvalue weighted by atomic mass is 9.93. The summed E-state index contributed by atoms with van der Waals surface area (Å²) in [5, 5.41) is 9.70. The van der Waals surface area contributed by atoms with Crippen LogP contribution < -0.4 is 0 Å². The molecule has 2 aliphatic rings. The first-order valence-electron chi connectivity index (χ1n) is 8.27. The predicted octanol–water partition coefficient (Wildman–Crippen LogP) is 2.82. The molecule has 0 aromatic heterocycles. The average molecular weight is 269 g/mol. The third kappa shape index (κ3) is 5.41. The van der Waals surface area contributed by atoms with Crippen molar-refractivity contribution in [3.05, 3.63) is 0 Å². The Morgan fingerprint density at radius 3 is 2.53 bits per heavy atom. The highest BCUT2D eigenvalue weighted by Crippen LogP contribution is 2.21. The normalized spacial score (nSPS) is 29.1. The molecule has 2 rings (SSSR count). The van der Waals surface area contributed by atoms with E-state index in [1.807, 2.05) is 6.92 Å². The molecule has 0 radical (unpaired) electrons. The molecule has 2 fully saturated rings. The third-order valence-electron chi connectivity index (χ3n) is 4.79. The van der Waals surface area contributed by atoms with Crippen LogP contribution in [-0.2, 0) is 4.74 Å². The second kappa shape index (κ2) is 8.23. The van der Waals surface area contributed by atoms with Crippen LogP contribution in [0.2, 0.25) is 0 Å². The van der Waals surface area contributed by atoms with Gasteiger partial charge in [0.25, 0.3) is 0 Å². The molecule has 1 aliphatic heterocycles. The number of piperidine rings is 1. The number of rotatable bonds is 5. The van der Waals surface area contributed by atoms with Gasteiger partial charge in [-0.05, 0) is 45.1 Å². The Hall–Kier alpha value is -0.120. The number of ether oxygens (including phenoxy) is 1. The largest absolute Gasteiger partial charge is 0.393 e. The van der Waals surface area contributed by atoms with Crippen LogP contribution in [0.15, 0.2) is 0 Å². The SMILES string of the molecule is CC(O)C1CCCN(CCOC2CCCCCC2)C1. The van der Waals surface area contributed by atoms with Crippen LogP contribution in [0.5, 0.6) is 0 Å². The van der Waals surface area contributed by atoms with Crippen LogP contribution in [-0.4, -0.2) is 48.5 Å². The van der Waals surface area contributed by atoms with Crippen LogP contribution in [0.1, 0.15) is 58.3 Å². The van der Waals surface area contributed by atoms with E-state index in [1.165, 1.54) is 57.9 Å². The van der Waals surface area contributed by atoms with Crippen LogP contribution >= 0.6 is 0 Å². The molecule has 2 atom stereocenters. The highest BCUT2D eigenvalue weighted by atomic mass is 16.5. The minimum absolute atomic E-state index is 0.162. The second-order valence-electron chi connectivity index (χ2n) is 6.43. The molecule has 0 aromatic carbocycles. The van der Waals surface area contributed by atoms with Gasteiger partial charge in [-0.15, -0.1) is 0 Å². The van der Waals surface area contributed by atoms with Gasteiger partial charge in [-0.3, -0.25) is 0 Å². The number of nitrogens with zero attached hydrogens (tertiary/aromatic N) is 1. The number of hydrogen-bond donors (Lipinski definition) is 1. The van der Waals surface area contributed by atoms with Crippen LogP contribution in [0.3, 0.4) is 0 Å². The standard InChI is InChI=1S/C16H31NO2/c1-14(18)15-7-6-10-17(13-15)11-12-19-16-8-4-2-3-5-9-16/h14-16,18H,2-13H2,1H3. The zero-order valence-corrected chi connectivity index (χ0v) is 12.5. The highest BCUT2D eigenvalue weighted by molar-refractivity contribution is 4.76. The van der Waals surface area contributed by atoms with E-state index in [2.05, 4.69) is 4.90 Å². The van der Waals surface area contributed by atoms with Crippen molar-refractivity contribution in [3.63, 3.8) is 0 Å². The lowest BCUT2D eigenvalue weighted by molar-refractivity contribution is 0.0107. The maximum Gasteiger partial charge on any atom is 0.0597 e. The molecule has 1 saturated heterocycles. The molecule has 19 heavy (non-hydrogen) atoms. The van der Waals surface area contributed by atoms with Gasteiger partial charge in [-0.1, -0.05) is 25.7 Å². The van der Waals surface area contributed by atoms with Crippen molar-refractivity contribution < 1.29 is 9.84 Å². The van der Waals surface area contributed by atoms with Gasteiger partial charge in [0.2, 0.25) is 0 Å². The average Bonchev–Trinajstić information content (AvgIpc) is 2.68. The first kappa shape index (κ1) is 15.3. The van der Waals surface area contributed by atoms with E-state index >= 15 is 0 Å². The summed E-state index contributed by atoms with van der Waals surface area (Å²) >= 11 is 0. The first-order chi connectivity index (χ1) is 9.25. The molecule has 0 bridgehead atoms. The summed E-state index contributed by atoms with van der Waals surface area (Å²) in [4.78, 5) is 2.47. The van der Waals surface area contributed by atoms with Gasteiger partial charge in [0, 0.05) is 13.1 Å². The van der Waals surface area contributed by atoms with Crippen molar-refractivity contribution >= 4 is 0 Å². The van der Waals surface area contributed by atoms with Crippen molar-refractivity contribution in [2.75, 3.05) is 26.2 Å². The van der Waals surface area contributed by atoms with E-state index in [9.17, 15) is 5.11 Å². The predicted molar refractivity (Wildman–Crippen MR) is 78.3 cm³/mol. The van der Waals surface area contributed by atoms with E-state index in [0.29, 0.717) is 12.0 Å². The molecule has 1 aliphatic carbocycles. The summed E-state index contributed by atoms with van der Waals surface area (Å²) in [5.41, 5.74) is 0. The second-order valence-corrected chi connectivity index (χ2v) is 6.43. The highest BCUT2D eigenvalue weighted by Gasteiger charge is 2.23. The Kier molecular flexibility index (Phi) is 6.62. The maximum absolute atomic E-state index is 9.70. The molecule has 1 saturated carbocycles. The van der Waals surface area contributed by atoms with E-state index in [1.54, 1.807) is 0 Å². The molecular weight excluding hydrogens is 238 g/mol. The first-order valence-corrected chi connectivity index (χ1v) is 8.27. The van der Waals surface area contributed by atoms with E-state index in [4.69, 9.17) is 4.74 Å². The summed E-state index contributed by atoms with van der Waals surface area (Å²) in [6, 6.07) is 0. The lowest BCUT2D eigenvalue weighted by Gasteiger charge is -2.34. The number of hydrogen-bond acceptors (Lipinski definition) is 3. The smallest absolute Gasteiger partial charge is 0.0597 e. The van der Waals surface area contributed by atoms with Crippen molar-refractivity contribution in [2.24, 2.45) is 5.92 Å². The molecule has 112 valence electrons. The fourth-order valence-corrected chi connectivity index (χ4v) is 3.45. The molecule has 3 nitrogen and oxygen atoms in total. The summed E-state index contributed by atoms with van der Waals surface area (Å²) in [6.45, 7) is 6.07. The van der Waals surface area contributed by atoms with Gasteiger partial charge in [-0.2, -0.15) is 0 Å². The Balaban J connectivity index is 1.61. The monoisotopic (exact) mass is 269 g/mol. The van der Waals surface area contributed by atoms with Crippen LogP contribution in [0.4, 0.5) is 0 Å². The molecule has 1 heterocycles. The van der Waals surface area contributed by atoms with Crippen LogP contribution in [0.25, 0.3) is 0 Å². The van der Waals surface area contributed by atoms with Gasteiger partial charge >= 0.3 is 0 Å². The third-order valence-corrected chi connectivity index (χ3v) is 4.79. The Morgan fingerprint density at radius 1 is 1.11 bits per heavy atom. The van der Waals surface area contributed by atoms with Crippen LogP contribution in [0, 0.1) is 5.92 Å². The quantitative estimate of drug-likeness (QED) is 0.779. The maximum atomic E-state index is 9.70. The topological polar surface area (TPSA) is 32.7 Å². The van der Waals surface area contributed by atoms with Gasteiger partial charge in [-0.25, -0.2) is 0 Å². The van der Waals surface area contributed by atoms with Gasteiger partial charge in [0.05, 0.1) is 18.8 Å². The van der Waals surface area contributed by atoms with Gasteiger partial charge in [0.15, 0.2) is 0 Å². The lowest BCUT2D eigenvalue weighted by Crippen LogP contribution is -2.41. The number of aliphatic hydroxyl groups is 1. The Morgan fingerprint density at radius 2 is 1.84 bits per heavy atom. The molecular formula is C16H31NO2. The minimum atomic E-state index is -0.162. The van der Waals surface area contributed by atoms with Crippen molar-refractivity contribution in [1.29, 1.82) is 0 Å². The zero-order chi connectivity index (χ0) is 13.5. The molecule has 3 heteroatoms. The number of likely N-dealkylation sites (tertiary alicyclic amines) is 1. The fourth-order valence-electron chi connectivity index (χ4n) is 3.45. The minimum Gasteiger partial charge on any atom is -0.393 e. The molecule has 0 spiro atoms. The number of aliphatic hydroxyl groups excluding tert-OH is 1. The summed E-state index contributed by atoms with van der Waals surface area (Å²) in [7, 11) is 0. The Labute approximate surface area is 118 Å². The van der Waals surface area contributed by atoms with Crippen molar-refractivity contribution in [1.82, 2.24) is 4.90 Å². The van der Waals surface area contributed by atoms with Crippen molar-refractivity contribution in [2.45, 2.75) is 70.5 Å². The van der Waals surface area contributed by atoms with E-state index in [-0.39, 0.29) is 6.10 Å².